The largest absolute Gasteiger partial charge is 0.398 e. The van der Waals surface area contributed by atoms with E-state index in [2.05, 4.69) is 0 Å². The lowest BCUT2D eigenvalue weighted by Crippen LogP contribution is -2.00. The van der Waals surface area contributed by atoms with Crippen molar-refractivity contribution in [2.45, 2.75) is 6.54 Å². The van der Waals surface area contributed by atoms with E-state index in [0.717, 1.165) is 5.56 Å². The molecule has 0 saturated carbocycles. The van der Waals surface area contributed by atoms with Crippen LogP contribution in [0.15, 0.2) is 24.3 Å². The lowest BCUT2D eigenvalue weighted by atomic mass is 10.2. The minimum absolute atomic E-state index is 0.243. The molecule has 0 fully saturated rings. The molecule has 1 aromatic carbocycles. The smallest absolute Gasteiger partial charge is 0.119 e. The molecule has 4 N–H and O–H groups in total. The number of hydrogen-bond donors (Lipinski definition) is 2. The van der Waals surface area contributed by atoms with Crippen LogP contribution in [0.3, 0.4) is 0 Å². The Kier molecular flexibility index (Phi) is 1.09. The van der Waals surface area contributed by atoms with Gasteiger partial charge in [-0.15, -0.1) is 0 Å². The molecule has 0 saturated heterocycles. The molecule has 2 nitrogen and oxygen atoms in total. The van der Waals surface area contributed by atoms with Crippen molar-refractivity contribution in [2.75, 3.05) is 5.73 Å². The van der Waals surface area contributed by atoms with Crippen LogP contribution in [0.5, 0.6) is 0 Å². The number of rotatable bonds is 2. The molecular formula is C7H10N2. The first-order chi connectivity index (χ1) is 5.20. The van der Waals surface area contributed by atoms with Gasteiger partial charge in [-0.25, -0.2) is 0 Å². The van der Waals surface area contributed by atoms with Gasteiger partial charge in [0.15, 0.2) is 0 Å². The van der Waals surface area contributed by atoms with Crippen LogP contribution in [-0.4, -0.2) is 0 Å². The summed E-state index contributed by atoms with van der Waals surface area (Å²) in [6.45, 7) is 0.243. The highest BCUT2D eigenvalue weighted by molar-refractivity contribution is 5.45. The third-order valence-electron chi connectivity index (χ3n) is 1.23. The molecule has 1 rings (SSSR count). The fourth-order valence-corrected chi connectivity index (χ4v) is 0.678. The Labute approximate surface area is 57.4 Å². The molecule has 0 bridgehead atoms. The van der Waals surface area contributed by atoms with Crippen LogP contribution in [-0.2, 0) is 6.54 Å². The zero-order valence-electron chi connectivity index (χ0n) is 7.04. The lowest BCUT2D eigenvalue weighted by molar-refractivity contribution is 1.08. The van der Waals surface area contributed by atoms with Crippen molar-refractivity contribution in [3.63, 3.8) is 0 Å². The van der Waals surface area contributed by atoms with Crippen LogP contribution in [0, 0.1) is 0 Å². The summed E-state index contributed by atoms with van der Waals surface area (Å²) >= 11 is 0. The normalized spacial score (nSPS) is 13.0. The fraction of sp³-hybridized carbons (Fsp3) is 0.143. The average molecular weight is 124 g/mol. The van der Waals surface area contributed by atoms with Gasteiger partial charge in [-0.1, -0.05) is 18.2 Å². The quantitative estimate of drug-likeness (QED) is 0.571. The van der Waals surface area contributed by atoms with Crippen LogP contribution in [0.1, 0.15) is 5.56 Å². The Hall–Kier alpha value is -1.02. The fourth-order valence-electron chi connectivity index (χ4n) is 0.678. The Morgan fingerprint density at radius 3 is 2.89 bits per heavy atom. The standard InChI is InChI=1S/C7H10N2/c8-5-6-3-1-2-4-7(6)9/h1-4H,5,8-9H2/i/hD2. The summed E-state index contributed by atoms with van der Waals surface area (Å²) in [5, 5.41) is 0. The van der Waals surface area contributed by atoms with Crippen molar-refractivity contribution >= 4 is 5.69 Å². The maximum atomic E-state index is 6.86. The number of hydrogen-bond acceptors (Lipinski definition) is 2. The molecule has 0 radical (unpaired) electrons. The van der Waals surface area contributed by atoms with Crippen LogP contribution in [0.25, 0.3) is 0 Å². The number of anilines is 1. The van der Waals surface area contributed by atoms with Crippen LogP contribution < -0.4 is 11.5 Å². The van der Waals surface area contributed by atoms with E-state index < -0.39 is 0 Å². The molecule has 0 atom stereocenters. The van der Waals surface area contributed by atoms with Gasteiger partial charge in [0.1, 0.15) is 2.82 Å². The van der Waals surface area contributed by atoms with E-state index in [1.165, 1.54) is 0 Å². The molecule has 0 unspecified atom stereocenters. The third-order valence-corrected chi connectivity index (χ3v) is 1.23. The van der Waals surface area contributed by atoms with Crippen molar-refractivity contribution in [3.05, 3.63) is 29.8 Å². The highest BCUT2D eigenvalue weighted by Gasteiger charge is 1.90. The van der Waals surface area contributed by atoms with Gasteiger partial charge in [-0.05, 0) is 11.6 Å². The number of nitrogens with two attached hydrogens (primary N) is 2. The molecule has 1 aromatic rings. The van der Waals surface area contributed by atoms with Gasteiger partial charge in [-0.3, -0.25) is 0 Å². The van der Waals surface area contributed by atoms with Gasteiger partial charge in [-0.2, -0.15) is 0 Å². The Bertz CT molecular complexity index is 238. The third kappa shape index (κ3) is 1.21. The molecule has 0 spiro atoms. The maximum absolute atomic E-state index is 6.86. The minimum atomic E-state index is 0.243. The first kappa shape index (κ1) is 3.90. The summed E-state index contributed by atoms with van der Waals surface area (Å²) < 4.78 is 13.7. The Morgan fingerprint density at radius 1 is 1.44 bits per heavy atom. The van der Waals surface area contributed by atoms with Gasteiger partial charge in [0.05, 0.1) is 0 Å². The van der Waals surface area contributed by atoms with Crippen molar-refractivity contribution in [3.8, 4) is 0 Å². The molecular weight excluding hydrogens is 112 g/mol. The first-order valence-corrected chi connectivity index (χ1v) is 2.79. The van der Waals surface area contributed by atoms with Gasteiger partial charge >= 0.3 is 0 Å². The zero-order valence-corrected chi connectivity index (χ0v) is 5.04. The van der Waals surface area contributed by atoms with Gasteiger partial charge in [0.25, 0.3) is 0 Å². The minimum Gasteiger partial charge on any atom is -0.398 e. The molecule has 2 heteroatoms. The monoisotopic (exact) mass is 124 g/mol. The summed E-state index contributed by atoms with van der Waals surface area (Å²) in [7, 11) is 0. The van der Waals surface area contributed by atoms with E-state index in [4.69, 9.17) is 8.56 Å². The lowest BCUT2D eigenvalue weighted by Gasteiger charge is -1.98. The van der Waals surface area contributed by atoms with E-state index in [0.29, 0.717) is 11.4 Å². The maximum Gasteiger partial charge on any atom is 0.119 e. The number of para-hydroxylation sites is 1. The van der Waals surface area contributed by atoms with Crippen molar-refractivity contribution in [2.24, 2.45) is 5.72 Å². The van der Waals surface area contributed by atoms with Gasteiger partial charge in [0, 0.05) is 12.2 Å². The highest BCUT2D eigenvalue weighted by Crippen LogP contribution is 2.07. The van der Waals surface area contributed by atoms with E-state index in [1.54, 1.807) is 6.07 Å². The SMILES string of the molecule is [2H]N([2H])Cc1ccccc1N. The summed E-state index contributed by atoms with van der Waals surface area (Å²) in [5.41, 5.74) is 7.63. The molecule has 9 heavy (non-hydrogen) atoms. The molecule has 0 aromatic heterocycles. The number of benzene rings is 1. The molecule has 0 aliphatic heterocycles. The summed E-state index contributed by atoms with van der Waals surface area (Å²) in [5.74, 6) is 0. The van der Waals surface area contributed by atoms with Gasteiger partial charge < -0.3 is 11.5 Å². The van der Waals surface area contributed by atoms with Crippen molar-refractivity contribution in [1.82, 2.24) is 0 Å². The summed E-state index contributed by atoms with van der Waals surface area (Å²) in [6, 6.07) is 7.25. The average Bonchev–Trinajstić information content (AvgIpc) is 1.93. The van der Waals surface area contributed by atoms with Gasteiger partial charge in [0.2, 0.25) is 0 Å². The van der Waals surface area contributed by atoms with E-state index in [1.807, 2.05) is 18.2 Å². The van der Waals surface area contributed by atoms with Crippen LogP contribution >= 0.6 is 0 Å². The van der Waals surface area contributed by atoms with Crippen LogP contribution in [0.4, 0.5) is 5.69 Å². The predicted octanol–water partition coefficient (Wildman–Crippen LogP) is 0.728. The summed E-state index contributed by atoms with van der Waals surface area (Å²) in [4.78, 5) is 0. The molecule has 0 heterocycles. The van der Waals surface area contributed by atoms with E-state index >= 15 is 0 Å². The summed E-state index contributed by atoms with van der Waals surface area (Å²) in [6.07, 6.45) is 0. The van der Waals surface area contributed by atoms with E-state index in [9.17, 15) is 0 Å². The Balaban J connectivity index is 2.78. The second kappa shape index (κ2) is 2.51. The van der Waals surface area contributed by atoms with Crippen LogP contribution in [0.2, 0.25) is 2.82 Å². The highest BCUT2D eigenvalue weighted by atomic mass is 14.6. The molecule has 0 aliphatic rings. The molecule has 0 amide bonds. The second-order valence-corrected chi connectivity index (χ2v) is 1.86. The molecule has 48 valence electrons. The van der Waals surface area contributed by atoms with Crippen molar-refractivity contribution < 1.29 is 2.82 Å². The number of nitrogen functional groups attached to an aromatic ring is 1. The van der Waals surface area contributed by atoms with Crippen molar-refractivity contribution in [1.29, 1.82) is 0 Å². The predicted molar refractivity (Wildman–Crippen MR) is 38.7 cm³/mol. The first-order valence-electron chi connectivity index (χ1n) is 3.68. The topological polar surface area (TPSA) is 52.0 Å². The van der Waals surface area contributed by atoms with E-state index in [-0.39, 0.29) is 6.54 Å². The molecule has 0 aliphatic carbocycles. The zero-order chi connectivity index (χ0) is 8.27. The second-order valence-electron chi connectivity index (χ2n) is 1.86. The Morgan fingerprint density at radius 2 is 2.22 bits per heavy atom.